The Labute approximate surface area is 93.0 Å². The Kier molecular flexibility index (Phi) is 6.17. The number of halogens is 3. The first-order valence-corrected chi connectivity index (χ1v) is 4.82. The fraction of sp³-hybridized carbons (Fsp3) is 0.889. The molecule has 16 heavy (non-hydrogen) atoms. The van der Waals surface area contributed by atoms with Gasteiger partial charge in [-0.3, -0.25) is 0 Å². The summed E-state index contributed by atoms with van der Waals surface area (Å²) in [6.07, 6.45) is -4.74. The Morgan fingerprint density at radius 2 is 1.75 bits per heavy atom. The Bertz CT molecular complexity index is 219. The van der Waals surface area contributed by atoms with E-state index in [9.17, 15) is 18.0 Å². The molecule has 0 aliphatic rings. The number of hydrogen-bond donors (Lipinski definition) is 0. The Balaban J connectivity index is 3.74. The molecule has 0 N–H and O–H groups in total. The molecule has 0 radical (unpaired) electrons. The molecule has 0 rings (SSSR count). The van der Waals surface area contributed by atoms with Gasteiger partial charge in [-0.15, -0.1) is 0 Å². The average molecular weight is 242 g/mol. The van der Waals surface area contributed by atoms with Gasteiger partial charge in [0.15, 0.2) is 6.61 Å². The van der Waals surface area contributed by atoms with E-state index < -0.39 is 18.9 Å². The summed E-state index contributed by atoms with van der Waals surface area (Å²) in [5.41, 5.74) is 0. The van der Waals surface area contributed by atoms with E-state index >= 15 is 0 Å². The molecule has 0 fully saturated rings. The number of ether oxygens (including phenoxy) is 1. The van der Waals surface area contributed by atoms with Crippen LogP contribution in [0.1, 0.15) is 6.42 Å². The van der Waals surface area contributed by atoms with Gasteiger partial charge in [-0.2, -0.15) is 13.2 Å². The van der Waals surface area contributed by atoms with Gasteiger partial charge in [0.2, 0.25) is 0 Å². The summed E-state index contributed by atoms with van der Waals surface area (Å²) in [4.78, 5) is 14.1. The third kappa shape index (κ3) is 8.34. The van der Waals surface area contributed by atoms with E-state index in [1.165, 1.54) is 7.05 Å². The van der Waals surface area contributed by atoms with Gasteiger partial charge in [0, 0.05) is 13.6 Å². The minimum Gasteiger partial charge on any atom is -0.440 e. The molecule has 96 valence electrons. The van der Waals surface area contributed by atoms with Crippen LogP contribution in [0.25, 0.3) is 0 Å². The zero-order valence-corrected chi connectivity index (χ0v) is 9.67. The predicted octanol–water partition coefficient (Wildman–Crippen LogP) is 1.57. The monoisotopic (exact) mass is 242 g/mol. The average Bonchev–Trinajstić information content (AvgIpc) is 2.12. The highest BCUT2D eigenvalue weighted by Gasteiger charge is 2.30. The van der Waals surface area contributed by atoms with E-state index in [0.717, 1.165) is 11.4 Å². The standard InChI is InChI=1S/C9H17F3N2O2/c1-13(2)5-4-6-14(3)8(15)16-7-9(10,11)12/h4-7H2,1-3H3. The zero-order valence-electron chi connectivity index (χ0n) is 9.67. The second kappa shape index (κ2) is 6.57. The van der Waals surface area contributed by atoms with Crippen molar-refractivity contribution in [3.8, 4) is 0 Å². The van der Waals surface area contributed by atoms with Crippen molar-refractivity contribution in [2.24, 2.45) is 0 Å². The molecule has 0 saturated carbocycles. The molecule has 0 bridgehead atoms. The van der Waals surface area contributed by atoms with Crippen molar-refractivity contribution in [1.82, 2.24) is 9.80 Å². The van der Waals surface area contributed by atoms with Crippen LogP contribution in [-0.4, -0.2) is 62.9 Å². The molecule has 0 aromatic rings. The SMILES string of the molecule is CN(C)CCCN(C)C(=O)OCC(F)(F)F. The topological polar surface area (TPSA) is 32.8 Å². The summed E-state index contributed by atoms with van der Waals surface area (Å²) >= 11 is 0. The van der Waals surface area contributed by atoms with Gasteiger partial charge in [0.1, 0.15) is 0 Å². The minimum atomic E-state index is -4.47. The van der Waals surface area contributed by atoms with Crippen molar-refractivity contribution in [3.05, 3.63) is 0 Å². The number of hydrogen-bond acceptors (Lipinski definition) is 3. The van der Waals surface area contributed by atoms with Crippen molar-refractivity contribution >= 4 is 6.09 Å². The van der Waals surface area contributed by atoms with Crippen LogP contribution in [0.2, 0.25) is 0 Å². The fourth-order valence-electron chi connectivity index (χ4n) is 0.969. The third-order valence-electron chi connectivity index (χ3n) is 1.77. The van der Waals surface area contributed by atoms with Crippen LogP contribution >= 0.6 is 0 Å². The molecule has 0 aliphatic heterocycles. The van der Waals surface area contributed by atoms with Crippen molar-refractivity contribution in [2.45, 2.75) is 12.6 Å². The highest BCUT2D eigenvalue weighted by Crippen LogP contribution is 2.14. The molecule has 0 spiro atoms. The van der Waals surface area contributed by atoms with E-state index in [1.54, 1.807) is 0 Å². The minimum absolute atomic E-state index is 0.370. The second-order valence-electron chi connectivity index (χ2n) is 3.75. The van der Waals surface area contributed by atoms with Crippen LogP contribution in [0.3, 0.4) is 0 Å². The molecule has 0 saturated heterocycles. The highest BCUT2D eigenvalue weighted by molar-refractivity contribution is 5.67. The predicted molar refractivity (Wildman–Crippen MR) is 53.2 cm³/mol. The zero-order chi connectivity index (χ0) is 12.8. The summed E-state index contributed by atoms with van der Waals surface area (Å²) in [5, 5.41) is 0. The summed E-state index contributed by atoms with van der Waals surface area (Å²) in [6, 6.07) is 0. The molecule has 0 aliphatic carbocycles. The van der Waals surface area contributed by atoms with Crippen molar-refractivity contribution in [3.63, 3.8) is 0 Å². The molecule has 4 nitrogen and oxygen atoms in total. The van der Waals surface area contributed by atoms with Crippen LogP contribution in [0, 0.1) is 0 Å². The molecule has 0 atom stereocenters. The number of carbonyl (C=O) groups is 1. The van der Waals surface area contributed by atoms with Gasteiger partial charge >= 0.3 is 12.3 Å². The summed E-state index contributed by atoms with van der Waals surface area (Å²) in [6.45, 7) is -0.407. The maximum atomic E-state index is 11.7. The van der Waals surface area contributed by atoms with Gasteiger partial charge in [-0.05, 0) is 27.1 Å². The lowest BCUT2D eigenvalue weighted by molar-refractivity contribution is -0.162. The summed E-state index contributed by atoms with van der Waals surface area (Å²) in [5.74, 6) is 0. The van der Waals surface area contributed by atoms with E-state index in [0.29, 0.717) is 13.0 Å². The maximum absolute atomic E-state index is 11.7. The van der Waals surface area contributed by atoms with Gasteiger partial charge in [0.25, 0.3) is 0 Å². The third-order valence-corrected chi connectivity index (χ3v) is 1.77. The Hall–Kier alpha value is -0.980. The van der Waals surface area contributed by atoms with Crippen LogP contribution < -0.4 is 0 Å². The Morgan fingerprint density at radius 1 is 1.19 bits per heavy atom. The molecule has 0 aromatic heterocycles. The van der Waals surface area contributed by atoms with E-state index in [2.05, 4.69) is 4.74 Å². The number of carbonyl (C=O) groups excluding carboxylic acids is 1. The first-order valence-electron chi connectivity index (χ1n) is 4.82. The van der Waals surface area contributed by atoms with E-state index in [1.807, 2.05) is 19.0 Å². The first-order chi connectivity index (χ1) is 7.22. The largest absolute Gasteiger partial charge is 0.440 e. The summed E-state index contributed by atoms with van der Waals surface area (Å²) < 4.78 is 39.3. The van der Waals surface area contributed by atoms with Crippen molar-refractivity contribution in [1.29, 1.82) is 0 Å². The van der Waals surface area contributed by atoms with Crippen LogP contribution in [0.4, 0.5) is 18.0 Å². The number of rotatable bonds is 5. The molecule has 1 amide bonds. The molecule has 0 heterocycles. The van der Waals surface area contributed by atoms with E-state index in [4.69, 9.17) is 0 Å². The lowest BCUT2D eigenvalue weighted by Gasteiger charge is -2.18. The van der Waals surface area contributed by atoms with Crippen LogP contribution in [-0.2, 0) is 4.74 Å². The van der Waals surface area contributed by atoms with Gasteiger partial charge in [0.05, 0.1) is 0 Å². The lowest BCUT2D eigenvalue weighted by atomic mass is 10.4. The molecule has 0 unspecified atom stereocenters. The van der Waals surface area contributed by atoms with E-state index in [-0.39, 0.29) is 0 Å². The van der Waals surface area contributed by atoms with Crippen molar-refractivity contribution < 1.29 is 22.7 Å². The number of nitrogens with zero attached hydrogens (tertiary/aromatic N) is 2. The van der Waals surface area contributed by atoms with Crippen molar-refractivity contribution in [2.75, 3.05) is 40.8 Å². The molecular formula is C9H17F3N2O2. The quantitative estimate of drug-likeness (QED) is 0.733. The fourth-order valence-corrected chi connectivity index (χ4v) is 0.969. The number of amides is 1. The normalized spacial score (nSPS) is 11.7. The molecular weight excluding hydrogens is 225 g/mol. The highest BCUT2D eigenvalue weighted by atomic mass is 19.4. The van der Waals surface area contributed by atoms with Crippen LogP contribution in [0.15, 0.2) is 0 Å². The Morgan fingerprint density at radius 3 is 2.19 bits per heavy atom. The van der Waals surface area contributed by atoms with Gasteiger partial charge < -0.3 is 14.5 Å². The lowest BCUT2D eigenvalue weighted by Crippen LogP contribution is -2.32. The first kappa shape index (κ1) is 15.0. The van der Waals surface area contributed by atoms with Gasteiger partial charge in [-0.1, -0.05) is 0 Å². The summed E-state index contributed by atoms with van der Waals surface area (Å²) in [7, 11) is 5.16. The molecule has 7 heteroatoms. The smallest absolute Gasteiger partial charge is 0.422 e. The second-order valence-corrected chi connectivity index (χ2v) is 3.75. The van der Waals surface area contributed by atoms with Crippen LogP contribution in [0.5, 0.6) is 0 Å². The number of alkyl halides is 3. The maximum Gasteiger partial charge on any atom is 0.422 e. The molecule has 0 aromatic carbocycles. The van der Waals surface area contributed by atoms with Gasteiger partial charge in [-0.25, -0.2) is 4.79 Å².